The van der Waals surface area contributed by atoms with E-state index in [1.165, 1.54) is 0 Å². The zero-order valence-corrected chi connectivity index (χ0v) is 14.5. The summed E-state index contributed by atoms with van der Waals surface area (Å²) in [7, 11) is 2.15. The SMILES string of the molecule is Cc1nn(C2CCCCO2)c2ncc(O)c(C3CCN(C)CC3)c12. The van der Waals surface area contributed by atoms with Crippen molar-refractivity contribution in [2.75, 3.05) is 26.7 Å². The second kappa shape index (κ2) is 6.33. The van der Waals surface area contributed by atoms with Gasteiger partial charge >= 0.3 is 0 Å². The second-order valence-corrected chi connectivity index (χ2v) is 7.18. The third-order valence-electron chi connectivity index (χ3n) is 5.47. The molecule has 2 fully saturated rings. The predicted octanol–water partition coefficient (Wildman–Crippen LogP) is 2.95. The van der Waals surface area contributed by atoms with Gasteiger partial charge < -0.3 is 14.7 Å². The number of pyridine rings is 1. The number of likely N-dealkylation sites (tertiary alicyclic amines) is 1. The first kappa shape index (κ1) is 15.8. The minimum absolute atomic E-state index is 0.0302. The molecule has 0 amide bonds. The first-order chi connectivity index (χ1) is 11.6. The molecular weight excluding hydrogens is 304 g/mol. The van der Waals surface area contributed by atoms with Crippen LogP contribution in [0.15, 0.2) is 6.20 Å². The van der Waals surface area contributed by atoms with Crippen LogP contribution in [0.1, 0.15) is 55.5 Å². The van der Waals surface area contributed by atoms with Crippen LogP contribution in [0, 0.1) is 6.92 Å². The summed E-state index contributed by atoms with van der Waals surface area (Å²) in [6.07, 6.45) is 6.94. The van der Waals surface area contributed by atoms with Gasteiger partial charge in [-0.2, -0.15) is 5.10 Å². The molecule has 24 heavy (non-hydrogen) atoms. The van der Waals surface area contributed by atoms with E-state index in [9.17, 15) is 5.11 Å². The molecule has 0 radical (unpaired) electrons. The van der Waals surface area contributed by atoms with Gasteiger partial charge in [0.1, 0.15) is 5.75 Å². The normalized spacial score (nSPS) is 23.8. The van der Waals surface area contributed by atoms with Crippen molar-refractivity contribution in [3.63, 3.8) is 0 Å². The van der Waals surface area contributed by atoms with Crippen LogP contribution < -0.4 is 0 Å². The fraction of sp³-hybridized carbons (Fsp3) is 0.667. The number of fused-ring (bicyclic) bond motifs is 1. The number of ether oxygens (including phenoxy) is 1. The molecule has 6 nitrogen and oxygen atoms in total. The fourth-order valence-corrected chi connectivity index (χ4v) is 4.12. The van der Waals surface area contributed by atoms with Crippen LogP contribution in [-0.4, -0.2) is 51.5 Å². The van der Waals surface area contributed by atoms with Gasteiger partial charge in [0.15, 0.2) is 11.9 Å². The van der Waals surface area contributed by atoms with Gasteiger partial charge in [-0.05, 0) is 65.1 Å². The Morgan fingerprint density at radius 2 is 2.00 bits per heavy atom. The standard InChI is InChI=1S/C18H26N4O2/c1-12-16-17(13-6-8-21(2)9-7-13)14(23)11-19-18(16)22(20-12)15-5-3-4-10-24-15/h11,13,15,23H,3-10H2,1-2H3. The summed E-state index contributed by atoms with van der Waals surface area (Å²) in [4.78, 5) is 6.85. The monoisotopic (exact) mass is 330 g/mol. The van der Waals surface area contributed by atoms with Crippen molar-refractivity contribution in [2.24, 2.45) is 0 Å². The number of piperidine rings is 1. The summed E-state index contributed by atoms with van der Waals surface area (Å²) in [5.74, 6) is 0.680. The van der Waals surface area contributed by atoms with E-state index in [1.807, 2.05) is 11.6 Å². The first-order valence-electron chi connectivity index (χ1n) is 9.02. The Bertz CT molecular complexity index is 728. The number of rotatable bonds is 2. The summed E-state index contributed by atoms with van der Waals surface area (Å²) < 4.78 is 7.84. The maximum absolute atomic E-state index is 10.5. The third-order valence-corrected chi connectivity index (χ3v) is 5.47. The molecule has 0 bridgehead atoms. The zero-order chi connectivity index (χ0) is 16.7. The van der Waals surface area contributed by atoms with Crippen LogP contribution in [0.4, 0.5) is 0 Å². The Morgan fingerprint density at radius 3 is 2.71 bits per heavy atom. The van der Waals surface area contributed by atoms with Crippen molar-refractivity contribution in [1.29, 1.82) is 0 Å². The summed E-state index contributed by atoms with van der Waals surface area (Å²) in [5.41, 5.74) is 2.83. The Kier molecular flexibility index (Phi) is 4.18. The topological polar surface area (TPSA) is 63.4 Å². The number of aromatic nitrogens is 3. The molecule has 1 unspecified atom stereocenters. The Hall–Kier alpha value is -1.66. The van der Waals surface area contributed by atoms with Crippen molar-refractivity contribution < 1.29 is 9.84 Å². The summed E-state index contributed by atoms with van der Waals surface area (Å²) in [6.45, 7) is 4.92. The number of aromatic hydroxyl groups is 1. The molecule has 4 heterocycles. The van der Waals surface area contributed by atoms with Crippen molar-refractivity contribution in [2.45, 2.75) is 51.2 Å². The van der Waals surface area contributed by atoms with Crippen molar-refractivity contribution in [1.82, 2.24) is 19.7 Å². The Morgan fingerprint density at radius 1 is 1.21 bits per heavy atom. The van der Waals surface area contributed by atoms with Crippen LogP contribution in [0.3, 0.4) is 0 Å². The average molecular weight is 330 g/mol. The van der Waals surface area contributed by atoms with E-state index in [4.69, 9.17) is 9.84 Å². The highest BCUT2D eigenvalue weighted by atomic mass is 16.5. The summed E-state index contributed by atoms with van der Waals surface area (Å²) >= 11 is 0. The molecule has 1 N–H and O–H groups in total. The highest BCUT2D eigenvalue weighted by Gasteiger charge is 2.28. The molecule has 2 saturated heterocycles. The molecule has 0 spiro atoms. The molecule has 2 aromatic heterocycles. The molecule has 0 aromatic carbocycles. The van der Waals surface area contributed by atoms with E-state index >= 15 is 0 Å². The lowest BCUT2D eigenvalue weighted by molar-refractivity contribution is -0.0371. The fourth-order valence-electron chi connectivity index (χ4n) is 4.12. The molecule has 4 rings (SSSR count). The lowest BCUT2D eigenvalue weighted by Gasteiger charge is -2.30. The first-order valence-corrected chi connectivity index (χ1v) is 9.02. The van der Waals surface area contributed by atoms with Gasteiger partial charge in [-0.25, -0.2) is 9.67 Å². The maximum Gasteiger partial charge on any atom is 0.161 e. The third kappa shape index (κ3) is 2.67. The number of hydrogen-bond acceptors (Lipinski definition) is 5. The summed E-state index contributed by atoms with van der Waals surface area (Å²) in [6, 6.07) is 0. The summed E-state index contributed by atoms with van der Waals surface area (Å²) in [5, 5.41) is 16.3. The molecule has 2 aliphatic rings. The van der Waals surface area contributed by atoms with Crippen LogP contribution in [0.25, 0.3) is 11.0 Å². The maximum atomic E-state index is 10.5. The van der Waals surface area contributed by atoms with E-state index in [0.717, 1.165) is 74.1 Å². The van der Waals surface area contributed by atoms with Crippen LogP contribution in [0.2, 0.25) is 0 Å². The van der Waals surface area contributed by atoms with Gasteiger partial charge in [-0.15, -0.1) is 0 Å². The lowest BCUT2D eigenvalue weighted by Crippen LogP contribution is -2.29. The van der Waals surface area contributed by atoms with Gasteiger partial charge in [-0.3, -0.25) is 0 Å². The van der Waals surface area contributed by atoms with Crippen LogP contribution in [-0.2, 0) is 4.74 Å². The number of nitrogens with zero attached hydrogens (tertiary/aromatic N) is 4. The lowest BCUT2D eigenvalue weighted by atomic mass is 9.87. The minimum Gasteiger partial charge on any atom is -0.506 e. The van der Waals surface area contributed by atoms with Crippen molar-refractivity contribution in [3.8, 4) is 5.75 Å². The Balaban J connectivity index is 1.79. The van der Waals surface area contributed by atoms with Crippen molar-refractivity contribution >= 4 is 11.0 Å². The van der Waals surface area contributed by atoms with Gasteiger partial charge in [0.05, 0.1) is 11.9 Å². The highest BCUT2D eigenvalue weighted by Crippen LogP contribution is 2.40. The van der Waals surface area contributed by atoms with Crippen molar-refractivity contribution in [3.05, 3.63) is 17.5 Å². The van der Waals surface area contributed by atoms with E-state index in [2.05, 4.69) is 16.9 Å². The molecule has 2 aliphatic heterocycles. The van der Waals surface area contributed by atoms with E-state index in [0.29, 0.717) is 11.7 Å². The van der Waals surface area contributed by atoms with Crippen LogP contribution in [0.5, 0.6) is 5.75 Å². The van der Waals surface area contributed by atoms with E-state index in [1.54, 1.807) is 6.20 Å². The zero-order valence-electron chi connectivity index (χ0n) is 14.5. The van der Waals surface area contributed by atoms with Crippen LogP contribution >= 0.6 is 0 Å². The molecule has 1 atom stereocenters. The van der Waals surface area contributed by atoms with E-state index < -0.39 is 0 Å². The molecular formula is C18H26N4O2. The molecule has 2 aromatic rings. The number of aryl methyl sites for hydroxylation is 1. The average Bonchev–Trinajstić information content (AvgIpc) is 2.94. The van der Waals surface area contributed by atoms with Gasteiger partial charge in [0, 0.05) is 17.6 Å². The quantitative estimate of drug-likeness (QED) is 0.917. The number of hydrogen-bond donors (Lipinski definition) is 1. The largest absolute Gasteiger partial charge is 0.506 e. The smallest absolute Gasteiger partial charge is 0.161 e. The minimum atomic E-state index is -0.0302. The molecule has 0 aliphatic carbocycles. The predicted molar refractivity (Wildman–Crippen MR) is 92.2 cm³/mol. The molecule has 0 saturated carbocycles. The second-order valence-electron chi connectivity index (χ2n) is 7.18. The Labute approximate surface area is 142 Å². The van der Waals surface area contributed by atoms with E-state index in [-0.39, 0.29) is 6.23 Å². The van der Waals surface area contributed by atoms with Gasteiger partial charge in [0.25, 0.3) is 0 Å². The highest BCUT2D eigenvalue weighted by molar-refractivity contribution is 5.84. The molecule has 130 valence electrons. The van der Waals surface area contributed by atoms with Gasteiger partial charge in [-0.1, -0.05) is 0 Å². The van der Waals surface area contributed by atoms with Gasteiger partial charge in [0.2, 0.25) is 0 Å². The molecule has 6 heteroatoms.